The van der Waals surface area contributed by atoms with Crippen molar-refractivity contribution in [1.29, 1.82) is 0 Å². The summed E-state index contributed by atoms with van der Waals surface area (Å²) in [6, 6.07) is 9.78. The number of aldehydes is 1. The normalized spacial score (nSPS) is 10.1. The van der Waals surface area contributed by atoms with Crippen LogP contribution in [0.25, 0.3) is 0 Å². The third-order valence-corrected chi connectivity index (χ3v) is 3.84. The van der Waals surface area contributed by atoms with E-state index in [-0.39, 0.29) is 17.9 Å². The number of benzene rings is 2. The highest BCUT2D eigenvalue weighted by Crippen LogP contribution is 2.28. The molecule has 0 saturated heterocycles. The maximum absolute atomic E-state index is 11.8. The highest BCUT2D eigenvalue weighted by Gasteiger charge is 2.11. The minimum Gasteiger partial charge on any atom is -0.480 e. The number of rotatable bonds is 5. The molecule has 0 fully saturated rings. The molecular formula is C15H9Br2ClO4. The molecular weight excluding hydrogens is 439 g/mol. The van der Waals surface area contributed by atoms with Crippen molar-refractivity contribution in [2.24, 2.45) is 0 Å². The van der Waals surface area contributed by atoms with Gasteiger partial charge < -0.3 is 9.47 Å². The molecule has 7 heteroatoms. The number of carbonyl (C=O) groups is 2. The van der Waals surface area contributed by atoms with Gasteiger partial charge in [-0.3, -0.25) is 4.79 Å². The van der Waals surface area contributed by atoms with E-state index in [0.29, 0.717) is 21.5 Å². The van der Waals surface area contributed by atoms with Crippen LogP contribution in [0, 0.1) is 0 Å². The zero-order valence-corrected chi connectivity index (χ0v) is 14.9. The van der Waals surface area contributed by atoms with E-state index in [9.17, 15) is 9.59 Å². The number of hydrogen-bond acceptors (Lipinski definition) is 4. The fraction of sp³-hybridized carbons (Fsp3) is 0.0667. The molecule has 114 valence electrons. The van der Waals surface area contributed by atoms with E-state index in [1.165, 1.54) is 6.07 Å². The summed E-state index contributed by atoms with van der Waals surface area (Å²) in [4.78, 5) is 22.7. The second kappa shape index (κ2) is 7.76. The Labute approximate surface area is 148 Å². The number of carbonyl (C=O) groups excluding carboxylic acids is 2. The topological polar surface area (TPSA) is 52.6 Å². The van der Waals surface area contributed by atoms with Gasteiger partial charge in [-0.05, 0) is 36.4 Å². The van der Waals surface area contributed by atoms with Gasteiger partial charge in [-0.1, -0.05) is 43.5 Å². The molecule has 0 aliphatic rings. The SMILES string of the molecule is O=Cc1cc(Br)ccc1OC(=O)COc1ccc(Br)cc1Cl. The van der Waals surface area contributed by atoms with Crippen molar-refractivity contribution in [2.45, 2.75) is 0 Å². The van der Waals surface area contributed by atoms with Gasteiger partial charge in [0.15, 0.2) is 12.9 Å². The van der Waals surface area contributed by atoms with E-state index < -0.39 is 5.97 Å². The summed E-state index contributed by atoms with van der Waals surface area (Å²) in [5.74, 6) is -0.0913. The zero-order valence-electron chi connectivity index (χ0n) is 11.0. The van der Waals surface area contributed by atoms with Crippen molar-refractivity contribution in [2.75, 3.05) is 6.61 Å². The Morgan fingerprint density at radius 1 is 1.09 bits per heavy atom. The van der Waals surface area contributed by atoms with Crippen molar-refractivity contribution in [3.8, 4) is 11.5 Å². The molecule has 22 heavy (non-hydrogen) atoms. The molecule has 0 radical (unpaired) electrons. The Morgan fingerprint density at radius 3 is 2.36 bits per heavy atom. The van der Waals surface area contributed by atoms with Crippen LogP contribution in [0.2, 0.25) is 5.02 Å². The van der Waals surface area contributed by atoms with E-state index in [1.807, 2.05) is 0 Å². The predicted molar refractivity (Wildman–Crippen MR) is 89.8 cm³/mol. The standard InChI is InChI=1S/C15H9Br2ClO4/c16-10-1-3-13(9(5-10)7-19)22-15(20)8-21-14-4-2-11(17)6-12(14)18/h1-7H,8H2. The van der Waals surface area contributed by atoms with Gasteiger partial charge >= 0.3 is 5.97 Å². The first kappa shape index (κ1) is 17.0. The van der Waals surface area contributed by atoms with Gasteiger partial charge in [0.25, 0.3) is 0 Å². The molecule has 0 heterocycles. The molecule has 2 aromatic rings. The summed E-state index contributed by atoms with van der Waals surface area (Å²) >= 11 is 12.5. The third-order valence-electron chi connectivity index (χ3n) is 2.56. The minimum absolute atomic E-state index is 0.175. The first-order valence-corrected chi connectivity index (χ1v) is 7.99. The second-order valence-electron chi connectivity index (χ2n) is 4.14. The molecule has 0 bridgehead atoms. The van der Waals surface area contributed by atoms with Crippen LogP contribution in [-0.4, -0.2) is 18.9 Å². The summed E-state index contributed by atoms with van der Waals surface area (Å²) in [6.07, 6.45) is 0.611. The highest BCUT2D eigenvalue weighted by atomic mass is 79.9. The summed E-state index contributed by atoms with van der Waals surface area (Å²) < 4.78 is 11.9. The van der Waals surface area contributed by atoms with E-state index in [2.05, 4.69) is 31.9 Å². The smallest absolute Gasteiger partial charge is 0.349 e. The third kappa shape index (κ3) is 4.56. The van der Waals surface area contributed by atoms with Crippen LogP contribution in [-0.2, 0) is 4.79 Å². The van der Waals surface area contributed by atoms with Crippen LogP contribution in [0.3, 0.4) is 0 Å². The first-order valence-electron chi connectivity index (χ1n) is 6.03. The zero-order chi connectivity index (χ0) is 16.1. The van der Waals surface area contributed by atoms with Gasteiger partial charge in [0, 0.05) is 8.95 Å². The van der Waals surface area contributed by atoms with Crippen LogP contribution in [0.15, 0.2) is 45.3 Å². The van der Waals surface area contributed by atoms with Gasteiger partial charge in [-0.15, -0.1) is 0 Å². The van der Waals surface area contributed by atoms with Crippen molar-refractivity contribution < 1.29 is 19.1 Å². The Morgan fingerprint density at radius 2 is 1.73 bits per heavy atom. The highest BCUT2D eigenvalue weighted by molar-refractivity contribution is 9.10. The van der Waals surface area contributed by atoms with E-state index in [4.69, 9.17) is 21.1 Å². The maximum atomic E-state index is 11.8. The molecule has 0 unspecified atom stereocenters. The summed E-state index contributed by atoms with van der Waals surface area (Å²) in [5, 5.41) is 0.374. The van der Waals surface area contributed by atoms with E-state index >= 15 is 0 Å². The van der Waals surface area contributed by atoms with Crippen LogP contribution in [0.5, 0.6) is 11.5 Å². The summed E-state index contributed by atoms with van der Waals surface area (Å²) in [5.41, 5.74) is 0.268. The molecule has 0 aliphatic carbocycles. The van der Waals surface area contributed by atoms with E-state index in [1.54, 1.807) is 30.3 Å². The summed E-state index contributed by atoms with van der Waals surface area (Å²) in [6.45, 7) is -0.324. The number of esters is 1. The molecule has 2 rings (SSSR count). The molecule has 2 aromatic carbocycles. The molecule has 0 aromatic heterocycles. The average Bonchev–Trinajstić information content (AvgIpc) is 2.48. The Kier molecular flexibility index (Phi) is 5.99. The van der Waals surface area contributed by atoms with Gasteiger partial charge in [-0.2, -0.15) is 0 Å². The van der Waals surface area contributed by atoms with E-state index in [0.717, 1.165) is 4.47 Å². The molecule has 0 amide bonds. The molecule has 0 N–H and O–H groups in total. The molecule has 0 aliphatic heterocycles. The molecule has 0 saturated carbocycles. The van der Waals surface area contributed by atoms with Crippen LogP contribution >= 0.6 is 43.5 Å². The minimum atomic E-state index is -0.635. The summed E-state index contributed by atoms with van der Waals surface area (Å²) in [7, 11) is 0. The monoisotopic (exact) mass is 446 g/mol. The molecule has 0 spiro atoms. The van der Waals surface area contributed by atoms with Crippen LogP contribution < -0.4 is 9.47 Å². The Hall–Kier alpha value is -1.37. The maximum Gasteiger partial charge on any atom is 0.349 e. The number of hydrogen-bond donors (Lipinski definition) is 0. The Balaban J connectivity index is 2.00. The van der Waals surface area contributed by atoms with Crippen LogP contribution in [0.1, 0.15) is 10.4 Å². The van der Waals surface area contributed by atoms with Crippen LogP contribution in [0.4, 0.5) is 0 Å². The Bertz CT molecular complexity index is 719. The lowest BCUT2D eigenvalue weighted by Gasteiger charge is -2.09. The van der Waals surface area contributed by atoms with Crippen molar-refractivity contribution in [1.82, 2.24) is 0 Å². The van der Waals surface area contributed by atoms with Crippen molar-refractivity contribution in [3.05, 3.63) is 55.9 Å². The van der Waals surface area contributed by atoms with Crippen molar-refractivity contribution >= 4 is 55.7 Å². The fourth-order valence-corrected chi connectivity index (χ4v) is 2.69. The predicted octanol–water partition coefficient (Wildman–Crippen LogP) is 4.66. The molecule has 0 atom stereocenters. The van der Waals surface area contributed by atoms with Crippen molar-refractivity contribution in [3.63, 3.8) is 0 Å². The van der Waals surface area contributed by atoms with Gasteiger partial charge in [0.1, 0.15) is 11.5 Å². The second-order valence-corrected chi connectivity index (χ2v) is 6.38. The lowest BCUT2D eigenvalue weighted by molar-refractivity contribution is -0.136. The number of halogens is 3. The quantitative estimate of drug-likeness (QED) is 0.379. The first-order chi connectivity index (χ1) is 10.5. The van der Waals surface area contributed by atoms with Gasteiger partial charge in [0.2, 0.25) is 0 Å². The largest absolute Gasteiger partial charge is 0.480 e. The molecule has 4 nitrogen and oxygen atoms in total. The lowest BCUT2D eigenvalue weighted by Crippen LogP contribution is -2.18. The van der Waals surface area contributed by atoms with Gasteiger partial charge in [-0.25, -0.2) is 4.79 Å². The fourth-order valence-electron chi connectivity index (χ4n) is 1.59. The average molecular weight is 448 g/mol. The lowest BCUT2D eigenvalue weighted by atomic mass is 10.2. The number of ether oxygens (including phenoxy) is 2. The van der Waals surface area contributed by atoms with Gasteiger partial charge in [0.05, 0.1) is 10.6 Å².